The standard InChI is InChI=1S/C18H29N3O2.HI/c1-19-18(20-10-5-12-22-15-17-8-9-17)21-11-13-23-14-16-6-3-2-4-7-16;/h2-4,6-7,17H,5,8-15H2,1H3,(H2,19,20,21);1H. The fraction of sp³-hybridized carbons (Fsp3) is 0.611. The molecule has 0 radical (unpaired) electrons. The van der Waals surface area contributed by atoms with E-state index in [9.17, 15) is 0 Å². The highest BCUT2D eigenvalue weighted by Crippen LogP contribution is 2.28. The average molecular weight is 447 g/mol. The Kier molecular flexibility index (Phi) is 11.9. The van der Waals surface area contributed by atoms with Crippen LogP contribution < -0.4 is 10.6 Å². The normalized spacial score (nSPS) is 14.1. The Balaban J connectivity index is 0.00000288. The van der Waals surface area contributed by atoms with Crippen LogP contribution in [0.25, 0.3) is 0 Å². The first kappa shape index (κ1) is 21.2. The van der Waals surface area contributed by atoms with Gasteiger partial charge in [-0.15, -0.1) is 24.0 Å². The molecule has 24 heavy (non-hydrogen) atoms. The van der Waals surface area contributed by atoms with Crippen molar-refractivity contribution in [3.05, 3.63) is 35.9 Å². The summed E-state index contributed by atoms with van der Waals surface area (Å²) in [7, 11) is 1.78. The molecule has 1 aliphatic rings. The molecule has 6 heteroatoms. The molecule has 0 aliphatic heterocycles. The predicted molar refractivity (Wildman–Crippen MR) is 109 cm³/mol. The maximum Gasteiger partial charge on any atom is 0.191 e. The first-order valence-corrected chi connectivity index (χ1v) is 8.52. The largest absolute Gasteiger partial charge is 0.381 e. The van der Waals surface area contributed by atoms with E-state index in [1.165, 1.54) is 18.4 Å². The van der Waals surface area contributed by atoms with Crippen LogP contribution in [0, 0.1) is 5.92 Å². The number of ether oxygens (including phenoxy) is 2. The number of nitrogens with one attached hydrogen (secondary N) is 2. The van der Waals surface area contributed by atoms with Gasteiger partial charge in [-0.2, -0.15) is 0 Å². The average Bonchev–Trinajstić information content (AvgIpc) is 3.41. The Bertz CT molecular complexity index is 453. The van der Waals surface area contributed by atoms with Gasteiger partial charge >= 0.3 is 0 Å². The highest BCUT2D eigenvalue weighted by molar-refractivity contribution is 14.0. The van der Waals surface area contributed by atoms with Crippen molar-refractivity contribution in [1.82, 2.24) is 10.6 Å². The first-order valence-electron chi connectivity index (χ1n) is 8.52. The van der Waals surface area contributed by atoms with Gasteiger partial charge in [0, 0.05) is 33.4 Å². The highest BCUT2D eigenvalue weighted by Gasteiger charge is 2.20. The van der Waals surface area contributed by atoms with Gasteiger partial charge in [0.15, 0.2) is 5.96 Å². The summed E-state index contributed by atoms with van der Waals surface area (Å²) in [6.45, 7) is 4.67. The van der Waals surface area contributed by atoms with Gasteiger partial charge in [0.1, 0.15) is 0 Å². The lowest BCUT2D eigenvalue weighted by Gasteiger charge is -2.12. The third-order valence-corrected chi connectivity index (χ3v) is 3.68. The van der Waals surface area contributed by atoms with Crippen LogP contribution in [-0.2, 0) is 16.1 Å². The lowest BCUT2D eigenvalue weighted by Crippen LogP contribution is -2.39. The summed E-state index contributed by atoms with van der Waals surface area (Å²) in [4.78, 5) is 4.20. The second-order valence-electron chi connectivity index (χ2n) is 5.84. The SMILES string of the molecule is CN=C(NCCCOCC1CC1)NCCOCc1ccccc1.I. The Morgan fingerprint density at radius 1 is 1.08 bits per heavy atom. The fourth-order valence-corrected chi connectivity index (χ4v) is 2.14. The van der Waals surface area contributed by atoms with Gasteiger partial charge in [0.05, 0.1) is 13.2 Å². The third-order valence-electron chi connectivity index (χ3n) is 3.68. The molecule has 1 aromatic rings. The van der Waals surface area contributed by atoms with E-state index in [-0.39, 0.29) is 24.0 Å². The molecule has 0 saturated heterocycles. The number of benzene rings is 1. The van der Waals surface area contributed by atoms with Crippen molar-refractivity contribution in [2.45, 2.75) is 25.9 Å². The molecular formula is C18H30IN3O2. The van der Waals surface area contributed by atoms with Crippen LogP contribution in [0.5, 0.6) is 0 Å². The Hall–Kier alpha value is -0.860. The van der Waals surface area contributed by atoms with Crippen molar-refractivity contribution in [2.24, 2.45) is 10.9 Å². The van der Waals surface area contributed by atoms with Crippen LogP contribution in [0.2, 0.25) is 0 Å². The smallest absolute Gasteiger partial charge is 0.191 e. The molecule has 0 atom stereocenters. The first-order chi connectivity index (χ1) is 11.4. The minimum absolute atomic E-state index is 0. The van der Waals surface area contributed by atoms with E-state index >= 15 is 0 Å². The Labute approximate surface area is 162 Å². The Morgan fingerprint density at radius 2 is 1.83 bits per heavy atom. The maximum absolute atomic E-state index is 5.64. The molecule has 1 fully saturated rings. The molecule has 1 aliphatic carbocycles. The van der Waals surface area contributed by atoms with Crippen LogP contribution >= 0.6 is 24.0 Å². The molecule has 0 heterocycles. The molecule has 2 N–H and O–H groups in total. The van der Waals surface area contributed by atoms with Crippen LogP contribution in [0.1, 0.15) is 24.8 Å². The fourth-order valence-electron chi connectivity index (χ4n) is 2.14. The van der Waals surface area contributed by atoms with Crippen LogP contribution in [0.3, 0.4) is 0 Å². The number of hydrogen-bond acceptors (Lipinski definition) is 3. The number of rotatable bonds is 11. The summed E-state index contributed by atoms with van der Waals surface area (Å²) >= 11 is 0. The molecule has 136 valence electrons. The van der Waals surface area contributed by atoms with E-state index in [1.54, 1.807) is 7.05 Å². The molecule has 1 aromatic carbocycles. The van der Waals surface area contributed by atoms with E-state index in [2.05, 4.69) is 27.8 Å². The van der Waals surface area contributed by atoms with E-state index in [0.717, 1.165) is 44.6 Å². The van der Waals surface area contributed by atoms with Crippen molar-refractivity contribution >= 4 is 29.9 Å². The topological polar surface area (TPSA) is 54.9 Å². The van der Waals surface area contributed by atoms with Crippen molar-refractivity contribution in [3.8, 4) is 0 Å². The van der Waals surface area contributed by atoms with Gasteiger partial charge < -0.3 is 20.1 Å². The molecular weight excluding hydrogens is 417 g/mol. The molecule has 2 rings (SSSR count). The van der Waals surface area contributed by atoms with Crippen molar-refractivity contribution in [3.63, 3.8) is 0 Å². The number of nitrogens with zero attached hydrogens (tertiary/aromatic N) is 1. The predicted octanol–water partition coefficient (Wildman–Crippen LogP) is 2.80. The zero-order chi connectivity index (χ0) is 16.2. The summed E-state index contributed by atoms with van der Waals surface area (Å²) in [5.41, 5.74) is 1.20. The molecule has 0 bridgehead atoms. The molecule has 0 unspecified atom stereocenters. The third kappa shape index (κ3) is 10.1. The molecule has 0 amide bonds. The summed E-state index contributed by atoms with van der Waals surface area (Å²) in [5, 5.41) is 6.53. The summed E-state index contributed by atoms with van der Waals surface area (Å²) in [5.74, 6) is 1.66. The molecule has 1 saturated carbocycles. The van der Waals surface area contributed by atoms with Crippen molar-refractivity contribution < 1.29 is 9.47 Å². The maximum atomic E-state index is 5.64. The van der Waals surface area contributed by atoms with Crippen molar-refractivity contribution in [2.75, 3.05) is 40.0 Å². The van der Waals surface area contributed by atoms with E-state index in [1.807, 2.05) is 18.2 Å². The van der Waals surface area contributed by atoms with E-state index in [4.69, 9.17) is 9.47 Å². The van der Waals surface area contributed by atoms with Crippen LogP contribution in [0.4, 0.5) is 0 Å². The molecule has 5 nitrogen and oxygen atoms in total. The second kappa shape index (κ2) is 13.4. The summed E-state index contributed by atoms with van der Waals surface area (Å²) < 4.78 is 11.2. The monoisotopic (exact) mass is 447 g/mol. The number of guanidine groups is 1. The van der Waals surface area contributed by atoms with Gasteiger partial charge in [0.2, 0.25) is 0 Å². The van der Waals surface area contributed by atoms with Crippen molar-refractivity contribution in [1.29, 1.82) is 0 Å². The van der Waals surface area contributed by atoms with Gasteiger partial charge in [-0.25, -0.2) is 0 Å². The van der Waals surface area contributed by atoms with Gasteiger partial charge in [0.25, 0.3) is 0 Å². The lowest BCUT2D eigenvalue weighted by atomic mass is 10.2. The number of halogens is 1. The zero-order valence-corrected chi connectivity index (χ0v) is 16.8. The van der Waals surface area contributed by atoms with Crippen LogP contribution in [0.15, 0.2) is 35.3 Å². The number of hydrogen-bond donors (Lipinski definition) is 2. The van der Waals surface area contributed by atoms with Gasteiger partial charge in [-0.05, 0) is 30.7 Å². The minimum atomic E-state index is 0. The summed E-state index contributed by atoms with van der Waals surface area (Å²) in [6, 6.07) is 10.2. The van der Waals surface area contributed by atoms with Crippen LogP contribution in [-0.4, -0.2) is 45.9 Å². The van der Waals surface area contributed by atoms with E-state index in [0.29, 0.717) is 13.2 Å². The zero-order valence-electron chi connectivity index (χ0n) is 14.5. The van der Waals surface area contributed by atoms with Gasteiger partial charge in [-0.1, -0.05) is 30.3 Å². The minimum Gasteiger partial charge on any atom is -0.381 e. The lowest BCUT2D eigenvalue weighted by molar-refractivity contribution is 0.122. The summed E-state index contributed by atoms with van der Waals surface area (Å²) in [6.07, 6.45) is 3.69. The highest BCUT2D eigenvalue weighted by atomic mass is 127. The van der Waals surface area contributed by atoms with Gasteiger partial charge in [-0.3, -0.25) is 4.99 Å². The quantitative estimate of drug-likeness (QED) is 0.237. The number of aliphatic imine (C=N–C) groups is 1. The molecule has 0 aromatic heterocycles. The Morgan fingerprint density at radius 3 is 2.54 bits per heavy atom. The molecule has 0 spiro atoms. The second-order valence-corrected chi connectivity index (χ2v) is 5.84. The van der Waals surface area contributed by atoms with E-state index < -0.39 is 0 Å².